The second-order valence-electron chi connectivity index (χ2n) is 4.48. The Morgan fingerprint density at radius 2 is 2.26 bits per heavy atom. The summed E-state index contributed by atoms with van der Waals surface area (Å²) >= 11 is 5.93. The topological polar surface area (TPSA) is 70.7 Å². The maximum absolute atomic E-state index is 12.0. The van der Waals surface area contributed by atoms with E-state index in [1.165, 1.54) is 0 Å². The Balaban J connectivity index is 2.10. The molecule has 0 fully saturated rings. The Kier molecular flexibility index (Phi) is 4.16. The Hall–Kier alpha value is -1.88. The number of halogens is 1. The zero-order valence-corrected chi connectivity index (χ0v) is 11.5. The second-order valence-corrected chi connectivity index (χ2v) is 4.86. The molecule has 5 nitrogen and oxygen atoms in total. The Labute approximate surface area is 116 Å². The van der Waals surface area contributed by atoms with Crippen molar-refractivity contribution in [2.75, 3.05) is 0 Å². The molecule has 2 aromatic rings. The molecule has 0 unspecified atom stereocenters. The highest BCUT2D eigenvalue weighted by Crippen LogP contribution is 2.17. The van der Waals surface area contributed by atoms with E-state index in [4.69, 9.17) is 11.6 Å². The van der Waals surface area contributed by atoms with Crippen molar-refractivity contribution in [2.45, 2.75) is 26.3 Å². The summed E-state index contributed by atoms with van der Waals surface area (Å²) in [6.45, 7) is 4.36. The van der Waals surface area contributed by atoms with Crippen LogP contribution in [0.15, 0.2) is 24.5 Å². The van der Waals surface area contributed by atoms with E-state index < -0.39 is 0 Å². The quantitative estimate of drug-likeness (QED) is 0.844. The van der Waals surface area contributed by atoms with Crippen molar-refractivity contribution in [1.29, 1.82) is 0 Å². The van der Waals surface area contributed by atoms with Gasteiger partial charge in [0.2, 0.25) is 0 Å². The van der Waals surface area contributed by atoms with E-state index >= 15 is 0 Å². The van der Waals surface area contributed by atoms with Gasteiger partial charge in [-0.3, -0.25) is 4.79 Å². The van der Waals surface area contributed by atoms with Crippen LogP contribution in [-0.4, -0.2) is 20.9 Å². The monoisotopic (exact) mass is 278 g/mol. The molecule has 0 radical (unpaired) electrons. The van der Waals surface area contributed by atoms with E-state index in [1.807, 2.05) is 13.8 Å². The maximum atomic E-state index is 12.0. The molecule has 0 bridgehead atoms. The number of carbonyl (C=O) groups excluding carboxylic acids is 1. The zero-order valence-electron chi connectivity index (χ0n) is 10.8. The average molecular weight is 279 g/mol. The number of hydrogen-bond acceptors (Lipinski definition) is 3. The van der Waals surface area contributed by atoms with Gasteiger partial charge in [-0.15, -0.1) is 0 Å². The molecule has 0 saturated heterocycles. The molecular formula is C13H15ClN4O. The van der Waals surface area contributed by atoms with Gasteiger partial charge in [0.25, 0.3) is 5.91 Å². The van der Waals surface area contributed by atoms with Crippen LogP contribution in [0.3, 0.4) is 0 Å². The third-order valence-electron chi connectivity index (χ3n) is 2.64. The molecular weight excluding hydrogens is 264 g/mol. The van der Waals surface area contributed by atoms with Crippen LogP contribution in [0.5, 0.6) is 0 Å². The molecule has 2 heterocycles. The van der Waals surface area contributed by atoms with Gasteiger partial charge in [-0.25, -0.2) is 9.97 Å². The molecule has 0 atom stereocenters. The van der Waals surface area contributed by atoms with E-state index in [-0.39, 0.29) is 11.8 Å². The summed E-state index contributed by atoms with van der Waals surface area (Å²) in [5, 5.41) is 3.10. The normalized spacial score (nSPS) is 10.7. The van der Waals surface area contributed by atoms with E-state index in [9.17, 15) is 4.79 Å². The van der Waals surface area contributed by atoms with Gasteiger partial charge in [-0.05, 0) is 18.1 Å². The summed E-state index contributed by atoms with van der Waals surface area (Å²) in [5.74, 6) is 0.732. The number of rotatable bonds is 4. The second kappa shape index (κ2) is 5.84. The lowest BCUT2D eigenvalue weighted by Crippen LogP contribution is -2.23. The Morgan fingerprint density at radius 3 is 2.89 bits per heavy atom. The number of imidazole rings is 1. The summed E-state index contributed by atoms with van der Waals surface area (Å²) in [5.41, 5.74) is 1.31. The fraction of sp³-hybridized carbons (Fsp3) is 0.308. The van der Waals surface area contributed by atoms with Crippen LogP contribution in [0.4, 0.5) is 0 Å². The SMILES string of the molecule is CC(C)c1cc(C(=O)NCc2ncc[nH]2)cc(Cl)n1. The van der Waals surface area contributed by atoms with Gasteiger partial charge in [-0.1, -0.05) is 25.4 Å². The first kappa shape index (κ1) is 13.5. The minimum atomic E-state index is -0.192. The molecule has 100 valence electrons. The molecule has 0 aliphatic rings. The summed E-state index contributed by atoms with van der Waals surface area (Å²) in [7, 11) is 0. The van der Waals surface area contributed by atoms with E-state index in [0.717, 1.165) is 5.69 Å². The number of hydrogen-bond donors (Lipinski definition) is 2. The number of nitrogens with zero attached hydrogens (tertiary/aromatic N) is 2. The van der Waals surface area contributed by atoms with Crippen molar-refractivity contribution in [3.05, 3.63) is 46.8 Å². The first-order valence-electron chi connectivity index (χ1n) is 6.00. The fourth-order valence-corrected chi connectivity index (χ4v) is 1.82. The number of carbonyl (C=O) groups is 1. The molecule has 0 saturated carbocycles. The van der Waals surface area contributed by atoms with Crippen LogP contribution in [0.1, 0.15) is 41.6 Å². The van der Waals surface area contributed by atoms with Gasteiger partial charge in [0.05, 0.1) is 6.54 Å². The molecule has 2 N–H and O–H groups in total. The molecule has 2 rings (SSSR count). The van der Waals surface area contributed by atoms with Gasteiger partial charge in [-0.2, -0.15) is 0 Å². The number of aromatic nitrogens is 3. The van der Waals surface area contributed by atoms with Crippen molar-refractivity contribution < 1.29 is 4.79 Å². The maximum Gasteiger partial charge on any atom is 0.251 e. The Bertz CT molecular complexity index is 566. The van der Waals surface area contributed by atoms with E-state index in [1.54, 1.807) is 24.5 Å². The lowest BCUT2D eigenvalue weighted by Gasteiger charge is -2.08. The first-order valence-corrected chi connectivity index (χ1v) is 6.38. The van der Waals surface area contributed by atoms with Crippen LogP contribution in [0.2, 0.25) is 5.15 Å². The molecule has 0 aliphatic carbocycles. The van der Waals surface area contributed by atoms with Crippen LogP contribution >= 0.6 is 11.6 Å². The third-order valence-corrected chi connectivity index (χ3v) is 2.83. The number of amides is 1. The van der Waals surface area contributed by atoms with E-state index in [2.05, 4.69) is 20.3 Å². The molecule has 0 spiro atoms. The van der Waals surface area contributed by atoms with E-state index in [0.29, 0.717) is 23.1 Å². The van der Waals surface area contributed by atoms with Crippen molar-refractivity contribution in [3.63, 3.8) is 0 Å². The molecule has 0 aliphatic heterocycles. The summed E-state index contributed by atoms with van der Waals surface area (Å²) < 4.78 is 0. The van der Waals surface area contributed by atoms with Crippen molar-refractivity contribution in [1.82, 2.24) is 20.3 Å². The number of H-pyrrole nitrogens is 1. The molecule has 2 aromatic heterocycles. The smallest absolute Gasteiger partial charge is 0.251 e. The highest BCUT2D eigenvalue weighted by Gasteiger charge is 2.11. The predicted molar refractivity (Wildman–Crippen MR) is 73.1 cm³/mol. The number of pyridine rings is 1. The van der Waals surface area contributed by atoms with Crippen molar-refractivity contribution >= 4 is 17.5 Å². The van der Waals surface area contributed by atoms with Crippen LogP contribution in [-0.2, 0) is 6.54 Å². The van der Waals surface area contributed by atoms with Crippen LogP contribution in [0.25, 0.3) is 0 Å². The van der Waals surface area contributed by atoms with Crippen LogP contribution < -0.4 is 5.32 Å². The summed E-state index contributed by atoms with van der Waals surface area (Å²) in [6, 6.07) is 3.32. The highest BCUT2D eigenvalue weighted by atomic mass is 35.5. The third kappa shape index (κ3) is 3.54. The van der Waals surface area contributed by atoms with Crippen molar-refractivity contribution in [2.24, 2.45) is 0 Å². The summed E-state index contributed by atoms with van der Waals surface area (Å²) in [4.78, 5) is 23.2. The molecule has 6 heteroatoms. The Morgan fingerprint density at radius 1 is 1.47 bits per heavy atom. The number of nitrogens with one attached hydrogen (secondary N) is 2. The van der Waals surface area contributed by atoms with Gasteiger partial charge >= 0.3 is 0 Å². The zero-order chi connectivity index (χ0) is 13.8. The number of aromatic amines is 1. The summed E-state index contributed by atoms with van der Waals surface area (Å²) in [6.07, 6.45) is 3.35. The van der Waals surface area contributed by atoms with Gasteiger partial charge in [0, 0.05) is 23.7 Å². The van der Waals surface area contributed by atoms with Crippen LogP contribution in [0, 0.1) is 0 Å². The molecule has 19 heavy (non-hydrogen) atoms. The highest BCUT2D eigenvalue weighted by molar-refractivity contribution is 6.29. The lowest BCUT2D eigenvalue weighted by atomic mass is 10.1. The molecule has 1 amide bonds. The minimum absolute atomic E-state index is 0.192. The standard InChI is InChI=1S/C13H15ClN4O/c1-8(2)10-5-9(6-11(14)18-10)13(19)17-7-12-15-3-4-16-12/h3-6,8H,7H2,1-2H3,(H,15,16)(H,17,19). The fourth-order valence-electron chi connectivity index (χ4n) is 1.60. The first-order chi connectivity index (χ1) is 9.06. The molecule has 0 aromatic carbocycles. The average Bonchev–Trinajstić information content (AvgIpc) is 2.88. The van der Waals surface area contributed by atoms with Gasteiger partial charge < -0.3 is 10.3 Å². The van der Waals surface area contributed by atoms with Gasteiger partial charge in [0.1, 0.15) is 11.0 Å². The largest absolute Gasteiger partial charge is 0.347 e. The minimum Gasteiger partial charge on any atom is -0.347 e. The lowest BCUT2D eigenvalue weighted by molar-refractivity contribution is 0.0949. The van der Waals surface area contributed by atoms with Gasteiger partial charge in [0.15, 0.2) is 0 Å². The van der Waals surface area contributed by atoms with Crippen molar-refractivity contribution in [3.8, 4) is 0 Å². The predicted octanol–water partition coefficient (Wildman–Crippen LogP) is 2.51.